The van der Waals surface area contributed by atoms with E-state index in [1.165, 1.54) is 18.2 Å². The molecule has 5 aromatic rings. The Morgan fingerprint density at radius 1 is 0.548 bits per heavy atom. The summed E-state index contributed by atoms with van der Waals surface area (Å²) in [5, 5.41) is 64.7. The van der Waals surface area contributed by atoms with Crippen molar-refractivity contribution < 1.29 is 44.6 Å². The molecule has 2 heterocycles. The van der Waals surface area contributed by atoms with Crippen LogP contribution in [0.5, 0.6) is 40.2 Å². The number of phenols is 7. The van der Waals surface area contributed by atoms with E-state index in [0.29, 0.717) is 0 Å². The van der Waals surface area contributed by atoms with Crippen LogP contribution < -0.4 is 11.3 Å². The van der Waals surface area contributed by atoms with Gasteiger partial charge in [-0.1, -0.05) is 6.07 Å². The van der Waals surface area contributed by atoms with E-state index in [1.54, 1.807) is 0 Å². The molecule has 158 valence electrons. The lowest BCUT2D eigenvalue weighted by atomic mass is 10.0. The number of benzene rings is 3. The zero-order chi connectivity index (χ0) is 22.6. The highest BCUT2D eigenvalue weighted by molar-refractivity contribution is 6.22. The minimum atomic E-state index is -0.941. The molecule has 0 aliphatic rings. The normalized spacial score (nSPS) is 11.1. The summed E-state index contributed by atoms with van der Waals surface area (Å²) in [6.07, 6.45) is 0. The highest BCUT2D eigenvalue weighted by Gasteiger charge is 2.24. The summed E-state index contributed by atoms with van der Waals surface area (Å²) in [6.45, 7) is 0. The summed E-state index contributed by atoms with van der Waals surface area (Å²) in [7, 11) is 0. The van der Waals surface area contributed by atoms with Gasteiger partial charge in [0.1, 0.15) is 0 Å². The lowest BCUT2D eigenvalue weighted by Gasteiger charge is -2.10. The first kappa shape index (κ1) is 19.5. The van der Waals surface area contributed by atoms with Gasteiger partial charge < -0.3 is 44.6 Å². The summed E-state index contributed by atoms with van der Waals surface area (Å²) in [4.78, 5) is 24.0. The largest absolute Gasteiger partial charge is 0.504 e. The SMILES string of the molecule is O=c1oc2c(O)c(O)cc3c(=O)oc4c(O)c(O)cc1c4c23.Oc1cccc(O)c1O. The Hall–Kier alpha value is -4.80. The number of rotatable bonds is 0. The Labute approximate surface area is 169 Å². The van der Waals surface area contributed by atoms with Crippen molar-refractivity contribution in [1.29, 1.82) is 0 Å². The monoisotopic (exact) mass is 428 g/mol. The van der Waals surface area contributed by atoms with Crippen molar-refractivity contribution in [2.75, 3.05) is 0 Å². The molecule has 7 N–H and O–H groups in total. The van der Waals surface area contributed by atoms with E-state index in [-0.39, 0.29) is 33.0 Å². The Kier molecular flexibility index (Phi) is 4.17. The van der Waals surface area contributed by atoms with Gasteiger partial charge in [-0.05, 0) is 24.3 Å². The van der Waals surface area contributed by atoms with E-state index in [9.17, 15) is 30.0 Å². The van der Waals surface area contributed by atoms with Crippen molar-refractivity contribution >= 4 is 32.7 Å². The fourth-order valence-electron chi connectivity index (χ4n) is 3.10. The maximum Gasteiger partial charge on any atom is 0.344 e. The van der Waals surface area contributed by atoms with Crippen LogP contribution in [-0.4, -0.2) is 35.7 Å². The van der Waals surface area contributed by atoms with Crippen LogP contribution in [0.2, 0.25) is 0 Å². The van der Waals surface area contributed by atoms with Crippen molar-refractivity contribution in [3.63, 3.8) is 0 Å². The van der Waals surface area contributed by atoms with Crippen LogP contribution in [0.15, 0.2) is 48.8 Å². The molecule has 0 saturated heterocycles. The number of phenolic OH excluding ortho intramolecular Hbond substituents is 7. The fourth-order valence-corrected chi connectivity index (χ4v) is 3.10. The number of hydrogen-bond donors (Lipinski definition) is 7. The van der Waals surface area contributed by atoms with Gasteiger partial charge in [-0.2, -0.15) is 0 Å². The van der Waals surface area contributed by atoms with E-state index < -0.39 is 51.2 Å². The third-order valence-electron chi connectivity index (χ3n) is 4.54. The maximum atomic E-state index is 12.0. The Morgan fingerprint density at radius 2 is 0.935 bits per heavy atom. The van der Waals surface area contributed by atoms with Crippen LogP contribution in [0.1, 0.15) is 0 Å². The molecule has 0 bridgehead atoms. The van der Waals surface area contributed by atoms with Crippen LogP contribution in [0, 0.1) is 0 Å². The molecule has 0 amide bonds. The van der Waals surface area contributed by atoms with Crippen LogP contribution in [0.25, 0.3) is 32.7 Å². The molecule has 2 aromatic heterocycles. The van der Waals surface area contributed by atoms with Crippen molar-refractivity contribution in [2.45, 2.75) is 0 Å². The highest BCUT2D eigenvalue weighted by Crippen LogP contribution is 2.44. The standard InChI is InChI=1S/C14H6O8.C6H6O3/c15-5-1-3-7-8-4(14(20)22-11(7)9(5)17)2-6(16)10(18)12(8)21-13(3)19;7-4-2-1-3-5(8)6(4)9/h1-2,15-18H;1-3,7-9H. The summed E-state index contributed by atoms with van der Waals surface area (Å²) >= 11 is 0. The van der Waals surface area contributed by atoms with Gasteiger partial charge in [0.2, 0.25) is 11.5 Å². The highest BCUT2D eigenvalue weighted by atomic mass is 16.4. The minimum absolute atomic E-state index is 0.00597. The molecule has 0 fully saturated rings. The third-order valence-corrected chi connectivity index (χ3v) is 4.54. The number of para-hydroxylation sites is 1. The average molecular weight is 428 g/mol. The molecule has 0 aliphatic carbocycles. The Balaban J connectivity index is 0.000000217. The van der Waals surface area contributed by atoms with Crippen molar-refractivity contribution in [2.24, 2.45) is 0 Å². The average Bonchev–Trinajstić information content (AvgIpc) is 2.72. The van der Waals surface area contributed by atoms with Crippen LogP contribution in [0.4, 0.5) is 0 Å². The predicted molar refractivity (Wildman–Crippen MR) is 105 cm³/mol. The first-order valence-corrected chi connectivity index (χ1v) is 8.44. The van der Waals surface area contributed by atoms with Gasteiger partial charge in [-0.15, -0.1) is 0 Å². The third kappa shape index (κ3) is 2.83. The van der Waals surface area contributed by atoms with Gasteiger partial charge in [0, 0.05) is 10.8 Å². The van der Waals surface area contributed by atoms with Gasteiger partial charge in [-0.25, -0.2) is 9.59 Å². The summed E-state index contributed by atoms with van der Waals surface area (Å²) in [6, 6.07) is 5.94. The molecule has 0 radical (unpaired) electrons. The summed E-state index contributed by atoms with van der Waals surface area (Å²) in [5.41, 5.74) is -2.70. The van der Waals surface area contributed by atoms with E-state index >= 15 is 0 Å². The van der Waals surface area contributed by atoms with Gasteiger partial charge in [0.15, 0.2) is 39.9 Å². The molecule has 11 nitrogen and oxygen atoms in total. The molecule has 0 saturated carbocycles. The second-order valence-electron chi connectivity index (χ2n) is 6.42. The number of aromatic hydroxyl groups is 7. The molecule has 0 aliphatic heterocycles. The van der Waals surface area contributed by atoms with Gasteiger partial charge in [-0.3, -0.25) is 0 Å². The van der Waals surface area contributed by atoms with Crippen molar-refractivity contribution in [3.8, 4) is 40.2 Å². The van der Waals surface area contributed by atoms with E-state index in [4.69, 9.17) is 24.2 Å². The van der Waals surface area contributed by atoms with E-state index in [2.05, 4.69) is 0 Å². The van der Waals surface area contributed by atoms with Crippen LogP contribution >= 0.6 is 0 Å². The first-order chi connectivity index (χ1) is 14.6. The van der Waals surface area contributed by atoms with Crippen LogP contribution in [0.3, 0.4) is 0 Å². The molecular weight excluding hydrogens is 416 g/mol. The van der Waals surface area contributed by atoms with E-state index in [0.717, 1.165) is 12.1 Å². The quantitative estimate of drug-likeness (QED) is 0.108. The van der Waals surface area contributed by atoms with Gasteiger partial charge in [0.25, 0.3) is 0 Å². The Bertz CT molecular complexity index is 1480. The molecule has 3 aromatic carbocycles. The number of hydrogen-bond acceptors (Lipinski definition) is 11. The van der Waals surface area contributed by atoms with Gasteiger partial charge >= 0.3 is 11.3 Å². The van der Waals surface area contributed by atoms with Gasteiger partial charge in [0.05, 0.1) is 10.8 Å². The molecule has 5 rings (SSSR count). The Morgan fingerprint density at radius 3 is 1.29 bits per heavy atom. The first-order valence-electron chi connectivity index (χ1n) is 8.44. The summed E-state index contributed by atoms with van der Waals surface area (Å²) in [5.74, 6) is -3.85. The smallest absolute Gasteiger partial charge is 0.344 e. The second kappa shape index (κ2) is 6.62. The summed E-state index contributed by atoms with van der Waals surface area (Å²) < 4.78 is 9.87. The molecule has 0 atom stereocenters. The second-order valence-corrected chi connectivity index (χ2v) is 6.42. The molecule has 31 heavy (non-hydrogen) atoms. The predicted octanol–water partition coefficient (Wildman–Crippen LogP) is 2.12. The molecule has 11 heteroatoms. The molecule has 0 unspecified atom stereocenters. The zero-order valence-corrected chi connectivity index (χ0v) is 15.2. The van der Waals surface area contributed by atoms with Crippen molar-refractivity contribution in [1.82, 2.24) is 0 Å². The lowest BCUT2D eigenvalue weighted by molar-refractivity contribution is 0.368. The van der Waals surface area contributed by atoms with Crippen molar-refractivity contribution in [3.05, 3.63) is 51.2 Å². The minimum Gasteiger partial charge on any atom is -0.504 e. The maximum absolute atomic E-state index is 12.0. The molecule has 0 spiro atoms. The van der Waals surface area contributed by atoms with Crippen LogP contribution in [-0.2, 0) is 0 Å². The topological polar surface area (TPSA) is 202 Å². The van der Waals surface area contributed by atoms with E-state index in [1.807, 2.05) is 0 Å². The lowest BCUT2D eigenvalue weighted by Crippen LogP contribution is -2.06. The zero-order valence-electron chi connectivity index (χ0n) is 15.2. The molecular formula is C20H12O11. The fraction of sp³-hybridized carbons (Fsp3) is 0.